The van der Waals surface area contributed by atoms with Crippen LogP contribution in [0.3, 0.4) is 0 Å². The van der Waals surface area contributed by atoms with Gasteiger partial charge < -0.3 is 5.32 Å². The highest BCUT2D eigenvalue weighted by molar-refractivity contribution is 6.33. The highest BCUT2D eigenvalue weighted by Gasteiger charge is 2.17. The maximum absolute atomic E-state index is 6.32. The van der Waals surface area contributed by atoms with E-state index in [9.17, 15) is 0 Å². The Morgan fingerprint density at radius 2 is 1.71 bits per heavy atom. The van der Waals surface area contributed by atoms with Crippen LogP contribution in [0.4, 0.5) is 0 Å². The van der Waals surface area contributed by atoms with Crippen LogP contribution in [0.5, 0.6) is 0 Å². The minimum atomic E-state index is 0.243. The molecule has 0 bridgehead atoms. The topological polar surface area (TPSA) is 12.0 Å². The molecule has 0 aliphatic carbocycles. The zero-order chi connectivity index (χ0) is 15.4. The summed E-state index contributed by atoms with van der Waals surface area (Å²) in [7, 11) is 0. The molecule has 0 saturated carbocycles. The number of likely N-dealkylation sites (N-methyl/N-ethyl adjacent to an activating group) is 1. The number of hydrogen-bond acceptors (Lipinski definition) is 1. The Morgan fingerprint density at radius 1 is 1.05 bits per heavy atom. The molecule has 112 valence electrons. The van der Waals surface area contributed by atoms with Crippen LogP contribution in [0.25, 0.3) is 0 Å². The Kier molecular flexibility index (Phi) is 5.69. The molecule has 1 nitrogen and oxygen atoms in total. The maximum Gasteiger partial charge on any atom is 0.0439 e. The van der Waals surface area contributed by atoms with Crippen LogP contribution >= 0.6 is 23.2 Å². The van der Waals surface area contributed by atoms with Crippen molar-refractivity contribution in [2.75, 3.05) is 6.54 Å². The van der Waals surface area contributed by atoms with E-state index < -0.39 is 0 Å². The standard InChI is InChI=1S/C18H21Cl2N/c1-4-21-17(18-12(2)6-5-7-13(18)3)11-14-10-15(19)8-9-16(14)20/h5-10,17,21H,4,11H2,1-3H3. The Bertz CT molecular complexity index is 602. The number of aryl methyl sites for hydroxylation is 2. The van der Waals surface area contributed by atoms with Crippen molar-refractivity contribution in [3.63, 3.8) is 0 Å². The van der Waals surface area contributed by atoms with Crippen LogP contribution < -0.4 is 5.32 Å². The van der Waals surface area contributed by atoms with Gasteiger partial charge in [0.25, 0.3) is 0 Å². The fourth-order valence-corrected chi connectivity index (χ4v) is 3.21. The lowest BCUT2D eigenvalue weighted by Crippen LogP contribution is -2.24. The van der Waals surface area contributed by atoms with E-state index in [1.165, 1.54) is 16.7 Å². The summed E-state index contributed by atoms with van der Waals surface area (Å²) in [4.78, 5) is 0. The van der Waals surface area contributed by atoms with Crippen LogP contribution in [0.1, 0.15) is 35.2 Å². The van der Waals surface area contributed by atoms with E-state index in [0.717, 1.165) is 28.6 Å². The minimum Gasteiger partial charge on any atom is -0.310 e. The average Bonchev–Trinajstić information content (AvgIpc) is 2.43. The third kappa shape index (κ3) is 4.00. The molecular weight excluding hydrogens is 301 g/mol. The van der Waals surface area contributed by atoms with Crippen molar-refractivity contribution < 1.29 is 0 Å². The first-order chi connectivity index (χ1) is 10.0. The highest BCUT2D eigenvalue weighted by atomic mass is 35.5. The lowest BCUT2D eigenvalue weighted by Gasteiger charge is -2.23. The first kappa shape index (κ1) is 16.4. The maximum atomic E-state index is 6.32. The molecule has 0 aliphatic rings. The van der Waals surface area contributed by atoms with Gasteiger partial charge in [-0.05, 0) is 67.3 Å². The molecule has 0 heterocycles. The second kappa shape index (κ2) is 7.31. The SMILES string of the molecule is CCNC(Cc1cc(Cl)ccc1Cl)c1c(C)cccc1C. The molecule has 1 unspecified atom stereocenters. The summed E-state index contributed by atoms with van der Waals surface area (Å²) in [6.07, 6.45) is 0.832. The second-order valence-electron chi connectivity index (χ2n) is 5.36. The fraction of sp³-hybridized carbons (Fsp3) is 0.333. The first-order valence-electron chi connectivity index (χ1n) is 7.26. The van der Waals surface area contributed by atoms with E-state index in [1.807, 2.05) is 18.2 Å². The van der Waals surface area contributed by atoms with E-state index in [2.05, 4.69) is 44.3 Å². The molecule has 1 N–H and O–H groups in total. The Morgan fingerprint density at radius 3 is 2.33 bits per heavy atom. The molecule has 0 radical (unpaired) electrons. The van der Waals surface area contributed by atoms with Gasteiger partial charge in [0, 0.05) is 16.1 Å². The zero-order valence-corrected chi connectivity index (χ0v) is 14.2. The predicted octanol–water partition coefficient (Wildman–Crippen LogP) is 5.50. The summed E-state index contributed by atoms with van der Waals surface area (Å²) in [6.45, 7) is 7.36. The van der Waals surface area contributed by atoms with Gasteiger partial charge in [-0.3, -0.25) is 0 Å². The Balaban J connectivity index is 2.38. The smallest absolute Gasteiger partial charge is 0.0439 e. The van der Waals surface area contributed by atoms with E-state index in [-0.39, 0.29) is 6.04 Å². The van der Waals surface area contributed by atoms with Crippen molar-refractivity contribution in [2.45, 2.75) is 33.2 Å². The molecule has 1 atom stereocenters. The van der Waals surface area contributed by atoms with Crippen molar-refractivity contribution >= 4 is 23.2 Å². The average molecular weight is 322 g/mol. The van der Waals surface area contributed by atoms with Crippen LogP contribution in [0, 0.1) is 13.8 Å². The zero-order valence-electron chi connectivity index (χ0n) is 12.7. The highest BCUT2D eigenvalue weighted by Crippen LogP contribution is 2.29. The first-order valence-corrected chi connectivity index (χ1v) is 8.02. The van der Waals surface area contributed by atoms with Gasteiger partial charge in [-0.15, -0.1) is 0 Å². The molecule has 0 aliphatic heterocycles. The molecule has 2 aromatic carbocycles. The van der Waals surface area contributed by atoms with Gasteiger partial charge in [0.15, 0.2) is 0 Å². The third-order valence-corrected chi connectivity index (χ3v) is 4.38. The van der Waals surface area contributed by atoms with Crippen LogP contribution in [-0.2, 0) is 6.42 Å². The van der Waals surface area contributed by atoms with Crippen molar-refractivity contribution in [1.82, 2.24) is 5.32 Å². The van der Waals surface area contributed by atoms with Crippen molar-refractivity contribution in [1.29, 1.82) is 0 Å². The van der Waals surface area contributed by atoms with Crippen molar-refractivity contribution in [2.24, 2.45) is 0 Å². The van der Waals surface area contributed by atoms with Gasteiger partial charge >= 0.3 is 0 Å². The van der Waals surface area contributed by atoms with Crippen LogP contribution in [0.15, 0.2) is 36.4 Å². The summed E-state index contributed by atoms with van der Waals surface area (Å²) in [5, 5.41) is 5.07. The molecule has 0 fully saturated rings. The van der Waals surface area contributed by atoms with E-state index in [1.54, 1.807) is 0 Å². The molecule has 0 aromatic heterocycles. The molecule has 21 heavy (non-hydrogen) atoms. The summed E-state index contributed by atoms with van der Waals surface area (Å²) in [6, 6.07) is 12.3. The van der Waals surface area contributed by atoms with Gasteiger partial charge in [0.05, 0.1) is 0 Å². The number of halogens is 2. The summed E-state index contributed by atoms with van der Waals surface area (Å²) >= 11 is 12.4. The largest absolute Gasteiger partial charge is 0.310 e. The van der Waals surface area contributed by atoms with E-state index in [0.29, 0.717) is 0 Å². The number of nitrogens with one attached hydrogen (secondary N) is 1. The minimum absolute atomic E-state index is 0.243. The number of rotatable bonds is 5. The van der Waals surface area contributed by atoms with Crippen molar-refractivity contribution in [3.8, 4) is 0 Å². The third-order valence-electron chi connectivity index (χ3n) is 3.77. The lowest BCUT2D eigenvalue weighted by atomic mass is 9.91. The molecule has 2 aromatic rings. The summed E-state index contributed by atoms with van der Waals surface area (Å²) < 4.78 is 0. The van der Waals surface area contributed by atoms with Gasteiger partial charge in [-0.1, -0.05) is 48.3 Å². The molecular formula is C18H21Cl2N. The predicted molar refractivity (Wildman–Crippen MR) is 92.5 cm³/mol. The quantitative estimate of drug-likeness (QED) is 0.766. The van der Waals surface area contributed by atoms with Gasteiger partial charge in [0.1, 0.15) is 0 Å². The van der Waals surface area contributed by atoms with E-state index in [4.69, 9.17) is 23.2 Å². The van der Waals surface area contributed by atoms with Crippen LogP contribution in [-0.4, -0.2) is 6.54 Å². The Hall–Kier alpha value is -1.02. The van der Waals surface area contributed by atoms with Gasteiger partial charge in [-0.2, -0.15) is 0 Å². The van der Waals surface area contributed by atoms with Gasteiger partial charge in [-0.25, -0.2) is 0 Å². The molecule has 0 spiro atoms. The number of hydrogen-bond donors (Lipinski definition) is 1. The monoisotopic (exact) mass is 321 g/mol. The normalized spacial score (nSPS) is 12.4. The molecule has 0 saturated heterocycles. The summed E-state index contributed by atoms with van der Waals surface area (Å²) in [5.74, 6) is 0. The summed E-state index contributed by atoms with van der Waals surface area (Å²) in [5.41, 5.74) is 5.05. The Labute approximate surface area is 137 Å². The number of benzene rings is 2. The van der Waals surface area contributed by atoms with Gasteiger partial charge in [0.2, 0.25) is 0 Å². The van der Waals surface area contributed by atoms with E-state index >= 15 is 0 Å². The lowest BCUT2D eigenvalue weighted by molar-refractivity contribution is 0.545. The van der Waals surface area contributed by atoms with Crippen molar-refractivity contribution in [3.05, 3.63) is 68.7 Å². The second-order valence-corrected chi connectivity index (χ2v) is 6.20. The molecule has 0 amide bonds. The fourth-order valence-electron chi connectivity index (χ4n) is 2.82. The molecule has 3 heteroatoms. The molecule has 2 rings (SSSR count). The van der Waals surface area contributed by atoms with Crippen LogP contribution in [0.2, 0.25) is 10.0 Å².